The minimum Gasteiger partial charge on any atom is -0.458 e. The van der Waals surface area contributed by atoms with Gasteiger partial charge in [0.15, 0.2) is 6.04 Å². The summed E-state index contributed by atoms with van der Waals surface area (Å²) in [7, 11) is 0. The molecule has 3 aliphatic heterocycles. The predicted molar refractivity (Wildman–Crippen MR) is 119 cm³/mol. The number of fused-ring (bicyclic) bond motifs is 5. The number of imide groups is 1. The third-order valence-electron chi connectivity index (χ3n) is 6.23. The van der Waals surface area contributed by atoms with E-state index in [4.69, 9.17) is 4.74 Å². The Morgan fingerprint density at radius 3 is 2.31 bits per heavy atom. The average Bonchev–Trinajstić information content (AvgIpc) is 3.21. The molecule has 0 aromatic heterocycles. The fourth-order valence-corrected chi connectivity index (χ4v) is 4.95. The van der Waals surface area contributed by atoms with Gasteiger partial charge in [-0.05, 0) is 51.0 Å². The van der Waals surface area contributed by atoms with Crippen molar-refractivity contribution >= 4 is 29.7 Å². The second kappa shape index (κ2) is 7.02. The van der Waals surface area contributed by atoms with Crippen LogP contribution >= 0.6 is 0 Å². The Bertz CT molecular complexity index is 1150. The molecule has 2 aromatic carbocycles. The zero-order valence-corrected chi connectivity index (χ0v) is 18.5. The quantitative estimate of drug-likeness (QED) is 0.539. The van der Waals surface area contributed by atoms with Crippen molar-refractivity contribution in [2.45, 2.75) is 45.4 Å². The maximum absolute atomic E-state index is 13.7. The Labute approximate surface area is 186 Å². The van der Waals surface area contributed by atoms with E-state index in [0.717, 1.165) is 16.7 Å². The van der Waals surface area contributed by atoms with Crippen LogP contribution < -0.4 is 4.90 Å². The number of carbonyl (C=O) groups excluding carboxylic acids is 3. The van der Waals surface area contributed by atoms with Gasteiger partial charge in [0.05, 0.1) is 29.8 Å². The summed E-state index contributed by atoms with van der Waals surface area (Å²) in [6.07, 6.45) is 1.68. The maximum Gasteiger partial charge on any atom is 0.331 e. The number of hydrogen-bond acceptors (Lipinski definition) is 6. The van der Waals surface area contributed by atoms with Crippen molar-refractivity contribution in [2.75, 3.05) is 4.90 Å². The van der Waals surface area contributed by atoms with Gasteiger partial charge < -0.3 is 4.74 Å². The van der Waals surface area contributed by atoms with Gasteiger partial charge in [0, 0.05) is 0 Å². The highest BCUT2D eigenvalue weighted by atomic mass is 16.6. The number of rotatable bonds is 2. The van der Waals surface area contributed by atoms with Crippen molar-refractivity contribution in [1.82, 2.24) is 5.01 Å². The van der Waals surface area contributed by atoms with E-state index >= 15 is 0 Å². The third kappa shape index (κ3) is 3.03. The number of amides is 2. The van der Waals surface area contributed by atoms with Gasteiger partial charge in [-0.15, -0.1) is 0 Å². The Balaban J connectivity index is 1.62. The van der Waals surface area contributed by atoms with Crippen molar-refractivity contribution in [2.24, 2.45) is 16.9 Å². The molecule has 2 aromatic rings. The minimum absolute atomic E-state index is 0.309. The van der Waals surface area contributed by atoms with Gasteiger partial charge in [0.2, 0.25) is 11.8 Å². The highest BCUT2D eigenvalue weighted by Gasteiger charge is 2.66. The molecule has 0 unspecified atom stereocenters. The first-order valence-electron chi connectivity index (χ1n) is 10.8. The van der Waals surface area contributed by atoms with Gasteiger partial charge in [-0.2, -0.15) is 5.10 Å². The van der Waals surface area contributed by atoms with Crippen LogP contribution in [0.5, 0.6) is 0 Å². The molecule has 4 atom stereocenters. The summed E-state index contributed by atoms with van der Waals surface area (Å²) in [5, 5.41) is 6.12. The molecule has 2 fully saturated rings. The number of nitrogens with zero attached hydrogens (tertiary/aromatic N) is 3. The van der Waals surface area contributed by atoms with E-state index < -0.39 is 35.5 Å². The lowest BCUT2D eigenvalue weighted by atomic mass is 9.85. The highest BCUT2D eigenvalue weighted by Crippen LogP contribution is 2.52. The van der Waals surface area contributed by atoms with Gasteiger partial charge in [-0.1, -0.05) is 42.0 Å². The molecule has 7 nitrogen and oxygen atoms in total. The molecule has 3 aliphatic rings. The lowest BCUT2D eigenvalue weighted by Gasteiger charge is -2.34. The van der Waals surface area contributed by atoms with Crippen molar-refractivity contribution in [3.05, 3.63) is 65.2 Å². The lowest BCUT2D eigenvalue weighted by Crippen LogP contribution is -2.46. The molecule has 2 saturated heterocycles. The molecule has 0 spiro atoms. The van der Waals surface area contributed by atoms with Crippen molar-refractivity contribution < 1.29 is 19.1 Å². The maximum atomic E-state index is 13.7. The van der Waals surface area contributed by atoms with E-state index in [1.54, 1.807) is 44.1 Å². The Morgan fingerprint density at radius 2 is 1.62 bits per heavy atom. The number of aryl methyl sites for hydroxylation is 1. The van der Waals surface area contributed by atoms with E-state index in [2.05, 4.69) is 5.10 Å². The van der Waals surface area contributed by atoms with Crippen LogP contribution in [0.25, 0.3) is 0 Å². The molecule has 3 heterocycles. The van der Waals surface area contributed by atoms with Crippen LogP contribution in [-0.2, 0) is 19.1 Å². The Kier molecular flexibility index (Phi) is 4.48. The second-order valence-corrected chi connectivity index (χ2v) is 9.58. The average molecular weight is 431 g/mol. The van der Waals surface area contributed by atoms with Gasteiger partial charge in [-0.25, -0.2) is 9.69 Å². The molecule has 5 rings (SSSR count). The number of carbonyl (C=O) groups is 3. The largest absolute Gasteiger partial charge is 0.458 e. The normalized spacial score (nSPS) is 26.1. The fourth-order valence-electron chi connectivity index (χ4n) is 4.95. The van der Waals surface area contributed by atoms with Gasteiger partial charge in [0.1, 0.15) is 5.60 Å². The first-order valence-corrected chi connectivity index (χ1v) is 10.8. The smallest absolute Gasteiger partial charge is 0.331 e. The van der Waals surface area contributed by atoms with Crippen LogP contribution in [0.15, 0.2) is 53.6 Å². The van der Waals surface area contributed by atoms with E-state index in [1.165, 1.54) is 4.90 Å². The van der Waals surface area contributed by atoms with Crippen LogP contribution in [-0.4, -0.2) is 40.7 Å². The molecule has 0 N–H and O–H groups in total. The number of ether oxygens (including phenoxy) is 1. The predicted octanol–water partition coefficient (Wildman–Crippen LogP) is 3.22. The van der Waals surface area contributed by atoms with Crippen LogP contribution in [0.1, 0.15) is 43.5 Å². The summed E-state index contributed by atoms with van der Waals surface area (Å²) < 4.78 is 5.67. The van der Waals surface area contributed by atoms with Gasteiger partial charge in [0.25, 0.3) is 0 Å². The summed E-state index contributed by atoms with van der Waals surface area (Å²) in [5.41, 5.74) is 2.58. The van der Waals surface area contributed by atoms with E-state index in [0.29, 0.717) is 5.69 Å². The number of hydrogen-bond donors (Lipinski definition) is 0. The van der Waals surface area contributed by atoms with E-state index in [9.17, 15) is 14.4 Å². The monoisotopic (exact) mass is 431 g/mol. The molecular formula is C25H25N3O4. The molecule has 0 radical (unpaired) electrons. The van der Waals surface area contributed by atoms with E-state index in [1.807, 2.05) is 43.3 Å². The highest BCUT2D eigenvalue weighted by molar-refractivity contribution is 6.23. The summed E-state index contributed by atoms with van der Waals surface area (Å²) >= 11 is 0. The van der Waals surface area contributed by atoms with Crippen molar-refractivity contribution in [1.29, 1.82) is 0 Å². The van der Waals surface area contributed by atoms with E-state index in [-0.39, 0.29) is 11.8 Å². The van der Waals surface area contributed by atoms with Crippen LogP contribution in [0.2, 0.25) is 0 Å². The fraction of sp³-hybridized carbons (Fsp3) is 0.360. The lowest BCUT2D eigenvalue weighted by molar-refractivity contribution is -0.163. The topological polar surface area (TPSA) is 79.3 Å². The minimum atomic E-state index is -0.972. The molecule has 7 heteroatoms. The van der Waals surface area contributed by atoms with Gasteiger partial charge >= 0.3 is 5.97 Å². The van der Waals surface area contributed by atoms with Crippen molar-refractivity contribution in [3.63, 3.8) is 0 Å². The third-order valence-corrected chi connectivity index (χ3v) is 6.23. The number of hydrazone groups is 1. The number of benzene rings is 2. The summed E-state index contributed by atoms with van der Waals surface area (Å²) in [5.74, 6) is -2.83. The number of anilines is 1. The molecule has 2 amide bonds. The Hall–Kier alpha value is -3.48. The first-order chi connectivity index (χ1) is 15.2. The molecule has 32 heavy (non-hydrogen) atoms. The second-order valence-electron chi connectivity index (χ2n) is 9.58. The molecule has 0 bridgehead atoms. The molecule has 164 valence electrons. The van der Waals surface area contributed by atoms with Crippen LogP contribution in [0.4, 0.5) is 5.69 Å². The Morgan fingerprint density at radius 1 is 0.969 bits per heavy atom. The molecule has 0 aliphatic carbocycles. The number of esters is 1. The standard InChI is InChI=1S/C25H25N3O4/c1-14-9-11-16(12-10-14)27-22(29)18-19(23(27)30)21(24(31)32-25(2,3)4)28-20(18)17-8-6-5-7-15(17)13-26-28/h5-13,18-21H,1-4H3/t18-,19+,20-,21-/m1/s1. The van der Waals surface area contributed by atoms with Crippen LogP contribution in [0, 0.1) is 18.8 Å². The first kappa shape index (κ1) is 20.4. The zero-order chi connectivity index (χ0) is 22.8. The van der Waals surface area contributed by atoms with Crippen LogP contribution in [0.3, 0.4) is 0 Å². The van der Waals surface area contributed by atoms with Gasteiger partial charge in [-0.3, -0.25) is 14.6 Å². The summed E-state index contributed by atoms with van der Waals surface area (Å²) in [6.45, 7) is 7.29. The SMILES string of the molecule is Cc1ccc(N2C(=O)[C@@H]3[C@H](C2=O)[C@H](C(=O)OC(C)(C)C)N2N=Cc4ccccc4[C@H]32)cc1. The summed E-state index contributed by atoms with van der Waals surface area (Å²) in [6, 6.07) is 13.4. The zero-order valence-electron chi connectivity index (χ0n) is 18.5. The summed E-state index contributed by atoms with van der Waals surface area (Å²) in [4.78, 5) is 41.8. The molecule has 0 saturated carbocycles. The van der Waals surface area contributed by atoms with Crippen molar-refractivity contribution in [3.8, 4) is 0 Å². The molecular weight excluding hydrogens is 406 g/mol.